The molecule has 0 aliphatic carbocycles. The van der Waals surface area contributed by atoms with E-state index < -0.39 is 23.9 Å². The molecule has 1 unspecified atom stereocenters. The molecule has 1 aromatic heterocycles. The van der Waals surface area contributed by atoms with Crippen LogP contribution in [0.4, 0.5) is 24.5 Å². The second-order valence-electron chi connectivity index (χ2n) is 7.91. The lowest BCUT2D eigenvalue weighted by Gasteiger charge is -2.32. The van der Waals surface area contributed by atoms with Crippen molar-refractivity contribution in [3.05, 3.63) is 88.4 Å². The second-order valence-corrected chi connectivity index (χ2v) is 8.94. The lowest BCUT2D eigenvalue weighted by atomic mass is 9.98. The molecule has 10 heteroatoms. The molecule has 0 aliphatic heterocycles. The van der Waals surface area contributed by atoms with E-state index in [9.17, 15) is 22.8 Å². The van der Waals surface area contributed by atoms with Crippen LogP contribution < -0.4 is 16.4 Å². The van der Waals surface area contributed by atoms with Crippen molar-refractivity contribution in [1.29, 1.82) is 0 Å². The second kappa shape index (κ2) is 9.47. The minimum atomic E-state index is -5.24. The van der Waals surface area contributed by atoms with Crippen LogP contribution in [0.1, 0.15) is 32.5 Å². The van der Waals surface area contributed by atoms with Gasteiger partial charge in [0.2, 0.25) is 5.78 Å². The Bertz CT molecular complexity index is 1370. The number of halogens is 3. The number of carbonyl (C=O) groups is 2. The quantitative estimate of drug-likeness (QED) is 0.282. The van der Waals surface area contributed by atoms with Crippen LogP contribution in [0.15, 0.2) is 66.7 Å². The number of rotatable bonds is 6. The van der Waals surface area contributed by atoms with E-state index in [2.05, 4.69) is 4.98 Å². The molecule has 0 spiro atoms. The number of fused-ring (bicyclic) bond motifs is 1. The van der Waals surface area contributed by atoms with Crippen LogP contribution in [0, 0.1) is 6.92 Å². The van der Waals surface area contributed by atoms with Crippen molar-refractivity contribution in [3.63, 3.8) is 0 Å². The molecule has 6 nitrogen and oxygen atoms in total. The first kappa shape index (κ1) is 24.4. The molecule has 1 heterocycles. The van der Waals surface area contributed by atoms with Gasteiger partial charge in [-0.1, -0.05) is 36.4 Å². The average Bonchev–Trinajstić information content (AvgIpc) is 3.27. The molecular weight excluding hydrogens is 477 g/mol. The molecule has 0 fully saturated rings. The van der Waals surface area contributed by atoms with E-state index in [0.717, 1.165) is 16.9 Å². The van der Waals surface area contributed by atoms with Gasteiger partial charge in [-0.3, -0.25) is 14.5 Å². The van der Waals surface area contributed by atoms with Crippen LogP contribution >= 0.6 is 11.3 Å². The zero-order valence-electron chi connectivity index (χ0n) is 18.5. The number of nitrogens with zero attached hydrogens (tertiary/aromatic N) is 2. The van der Waals surface area contributed by atoms with E-state index in [0.29, 0.717) is 26.4 Å². The maximum absolute atomic E-state index is 13.8. The first-order chi connectivity index (χ1) is 16.6. The van der Waals surface area contributed by atoms with Gasteiger partial charge in [-0.15, -0.1) is 11.3 Å². The molecule has 0 bridgehead atoms. The smallest absolute Gasteiger partial charge is 0.399 e. The topological polar surface area (TPSA) is 102 Å². The zero-order chi connectivity index (χ0) is 25.3. The average molecular weight is 499 g/mol. The van der Waals surface area contributed by atoms with Crippen LogP contribution in [0.3, 0.4) is 0 Å². The van der Waals surface area contributed by atoms with E-state index in [-0.39, 0.29) is 22.8 Å². The third kappa shape index (κ3) is 4.89. The minimum Gasteiger partial charge on any atom is -0.399 e. The number of nitrogens with two attached hydrogens (primary N) is 2. The summed E-state index contributed by atoms with van der Waals surface area (Å²) >= 11 is 1.05. The molecular formula is C25H21F3N4O2S. The van der Waals surface area contributed by atoms with Gasteiger partial charge in [0.05, 0.1) is 10.2 Å². The summed E-state index contributed by atoms with van der Waals surface area (Å²) in [6.45, 7) is 1.81. The van der Waals surface area contributed by atoms with E-state index in [4.69, 9.17) is 11.5 Å². The summed E-state index contributed by atoms with van der Waals surface area (Å²) in [6, 6.07) is 15.6. The lowest BCUT2D eigenvalue weighted by molar-refractivity contribution is -0.170. The van der Waals surface area contributed by atoms with Gasteiger partial charge in [-0.25, -0.2) is 4.98 Å². The number of thiazole rings is 1. The van der Waals surface area contributed by atoms with E-state index in [1.807, 2.05) is 0 Å². The van der Waals surface area contributed by atoms with Crippen molar-refractivity contribution in [2.75, 3.05) is 10.6 Å². The lowest BCUT2D eigenvalue weighted by Crippen LogP contribution is -2.46. The summed E-state index contributed by atoms with van der Waals surface area (Å²) in [4.78, 5) is 31.4. The fourth-order valence-corrected chi connectivity index (χ4v) is 4.61. The molecule has 0 aliphatic rings. The van der Waals surface area contributed by atoms with Crippen LogP contribution in [0.5, 0.6) is 0 Å². The molecule has 4 rings (SSSR count). The normalized spacial score (nSPS) is 12.5. The number of Topliss-reactive ketones (excluding diaryl/α,β-unsaturated/α-hetero) is 1. The molecule has 0 saturated heterocycles. The molecule has 3 aromatic carbocycles. The van der Waals surface area contributed by atoms with Gasteiger partial charge in [0.15, 0.2) is 5.01 Å². The van der Waals surface area contributed by atoms with Crippen LogP contribution in [0.25, 0.3) is 10.2 Å². The van der Waals surface area contributed by atoms with Crippen LogP contribution in [0.2, 0.25) is 0 Å². The summed E-state index contributed by atoms with van der Waals surface area (Å²) in [5, 5.41) is -0.00811. The first-order valence-electron chi connectivity index (χ1n) is 10.6. The van der Waals surface area contributed by atoms with E-state index in [1.54, 1.807) is 43.3 Å². The van der Waals surface area contributed by atoms with Crippen molar-refractivity contribution in [3.8, 4) is 0 Å². The Labute approximate surface area is 203 Å². The molecule has 180 valence electrons. The molecule has 4 N–H and O–H groups in total. The van der Waals surface area contributed by atoms with E-state index >= 15 is 0 Å². The SMILES string of the molecule is Cc1cc(N(C(=O)C(F)(F)F)C(C(=O)c2nc3ccccc3s2)c2ccc(CN)cc2)ccc1N. The van der Waals surface area contributed by atoms with Gasteiger partial charge in [-0.05, 0) is 53.9 Å². The predicted octanol–water partition coefficient (Wildman–Crippen LogP) is 5.17. The van der Waals surface area contributed by atoms with Crippen molar-refractivity contribution >= 4 is 44.6 Å². The Morgan fingerprint density at radius 1 is 1.06 bits per heavy atom. The van der Waals surface area contributed by atoms with Crippen molar-refractivity contribution in [1.82, 2.24) is 4.98 Å². The third-order valence-corrected chi connectivity index (χ3v) is 6.59. The number of hydrogen-bond acceptors (Lipinski definition) is 6. The predicted molar refractivity (Wildman–Crippen MR) is 130 cm³/mol. The van der Waals surface area contributed by atoms with Crippen molar-refractivity contribution in [2.45, 2.75) is 25.7 Å². The minimum absolute atomic E-state index is 0.00811. The number of nitrogen functional groups attached to an aromatic ring is 1. The number of amides is 1. The largest absolute Gasteiger partial charge is 0.471 e. The highest BCUT2D eigenvalue weighted by molar-refractivity contribution is 7.20. The zero-order valence-corrected chi connectivity index (χ0v) is 19.4. The number of ketones is 1. The summed E-state index contributed by atoms with van der Waals surface area (Å²) in [5.74, 6) is -2.91. The number of aromatic nitrogens is 1. The number of carbonyl (C=O) groups excluding carboxylic acids is 2. The Hall–Kier alpha value is -3.76. The monoisotopic (exact) mass is 498 g/mol. The third-order valence-electron chi connectivity index (χ3n) is 5.54. The fraction of sp³-hybridized carbons (Fsp3) is 0.160. The van der Waals surface area contributed by atoms with Crippen LogP contribution in [-0.2, 0) is 11.3 Å². The van der Waals surface area contributed by atoms with Gasteiger partial charge in [0.25, 0.3) is 0 Å². The number of hydrogen-bond donors (Lipinski definition) is 2. The molecule has 0 radical (unpaired) electrons. The highest BCUT2D eigenvalue weighted by atomic mass is 32.1. The highest BCUT2D eigenvalue weighted by Gasteiger charge is 2.48. The summed E-state index contributed by atoms with van der Waals surface area (Å²) in [5.41, 5.74) is 13.7. The number of para-hydroxylation sites is 1. The summed E-state index contributed by atoms with van der Waals surface area (Å²) in [6.07, 6.45) is -5.24. The van der Waals surface area contributed by atoms with Gasteiger partial charge >= 0.3 is 12.1 Å². The van der Waals surface area contributed by atoms with Crippen molar-refractivity contribution < 1.29 is 22.8 Å². The maximum atomic E-state index is 13.8. The Balaban J connectivity index is 1.93. The number of anilines is 2. The fourth-order valence-electron chi connectivity index (χ4n) is 3.68. The van der Waals surface area contributed by atoms with Gasteiger partial charge in [0.1, 0.15) is 6.04 Å². The first-order valence-corrected chi connectivity index (χ1v) is 11.4. The maximum Gasteiger partial charge on any atom is 0.471 e. The molecule has 4 aromatic rings. The van der Waals surface area contributed by atoms with Gasteiger partial charge in [0, 0.05) is 17.9 Å². The number of aryl methyl sites for hydroxylation is 1. The Morgan fingerprint density at radius 3 is 2.34 bits per heavy atom. The standard InChI is InChI=1S/C25H21F3N4O2S/c1-14-12-17(10-11-18(14)30)32(24(34)25(26,27)28)21(16-8-6-15(13-29)7-9-16)22(33)23-31-19-4-2-3-5-20(19)35-23/h2-12,21H,13,29-30H2,1H3. The van der Waals surface area contributed by atoms with Gasteiger partial charge in [-0.2, -0.15) is 13.2 Å². The molecule has 1 amide bonds. The molecule has 35 heavy (non-hydrogen) atoms. The van der Waals surface area contributed by atoms with Crippen LogP contribution in [-0.4, -0.2) is 22.9 Å². The highest BCUT2D eigenvalue weighted by Crippen LogP contribution is 2.37. The summed E-state index contributed by atoms with van der Waals surface area (Å²) in [7, 11) is 0. The summed E-state index contributed by atoms with van der Waals surface area (Å²) < 4.78 is 42.2. The molecule has 1 atom stereocenters. The van der Waals surface area contributed by atoms with Crippen molar-refractivity contribution in [2.24, 2.45) is 5.73 Å². The van der Waals surface area contributed by atoms with E-state index in [1.165, 1.54) is 30.3 Å². The Kier molecular flexibility index (Phi) is 6.60. The molecule has 0 saturated carbocycles. The number of benzene rings is 3. The Morgan fingerprint density at radius 2 is 1.74 bits per heavy atom. The number of alkyl halides is 3. The van der Waals surface area contributed by atoms with Gasteiger partial charge < -0.3 is 11.5 Å².